The smallest absolute Gasteiger partial charge is 0.306 e. The van der Waals surface area contributed by atoms with Gasteiger partial charge in [0.05, 0.1) is 0 Å². The van der Waals surface area contributed by atoms with Crippen LogP contribution < -0.4 is 0 Å². The molecule has 0 amide bonds. The molecule has 0 aromatic heterocycles. The Hall–Kier alpha value is -2.37. The van der Waals surface area contributed by atoms with E-state index in [0.29, 0.717) is 19.3 Å². The van der Waals surface area contributed by atoms with Gasteiger partial charge in [-0.05, 0) is 77.0 Å². The number of hydrogen-bond acceptors (Lipinski definition) is 6. The van der Waals surface area contributed by atoms with E-state index in [-0.39, 0.29) is 31.1 Å². The molecule has 0 aromatic rings. The zero-order valence-electron chi connectivity index (χ0n) is 53.4. The molecular weight excluding hydrogens is 973 g/mol. The number of ether oxygens (including phenoxy) is 3. The summed E-state index contributed by atoms with van der Waals surface area (Å²) in [6.07, 6.45) is 84.5. The minimum Gasteiger partial charge on any atom is -0.462 e. The molecule has 0 bridgehead atoms. The summed E-state index contributed by atoms with van der Waals surface area (Å²) in [5.74, 6) is -0.849. The molecule has 1 unspecified atom stereocenters. The van der Waals surface area contributed by atoms with Crippen LogP contribution in [0.15, 0.2) is 36.5 Å². The van der Waals surface area contributed by atoms with Gasteiger partial charge in [-0.3, -0.25) is 14.4 Å². The van der Waals surface area contributed by atoms with E-state index in [2.05, 4.69) is 57.2 Å². The highest BCUT2D eigenvalue weighted by atomic mass is 16.6. The first-order valence-corrected chi connectivity index (χ1v) is 35.5. The predicted molar refractivity (Wildman–Crippen MR) is 344 cm³/mol. The standard InChI is InChI=1S/C73H136O6/c1-4-7-10-13-16-19-22-25-28-30-32-34-35-36-37-39-40-42-45-48-51-54-57-60-63-66-72(75)78-69-70(68-77-71(74)65-62-59-56-53-50-47-44-27-24-21-18-15-12-9-6-3)79-73(76)67-64-61-58-55-52-49-46-43-41-38-33-31-29-26-23-20-17-14-11-8-5-2/h22,25,27,30,32,44,70H,4-21,23-24,26,28-29,31,33-43,45-69H2,1-3H3/b25-22-,32-30-,44-27-. The van der Waals surface area contributed by atoms with Gasteiger partial charge < -0.3 is 14.2 Å². The van der Waals surface area contributed by atoms with Crippen LogP contribution in [0.5, 0.6) is 0 Å². The van der Waals surface area contributed by atoms with Crippen LogP contribution in [0.4, 0.5) is 0 Å². The highest BCUT2D eigenvalue weighted by Crippen LogP contribution is 2.18. The van der Waals surface area contributed by atoms with Crippen molar-refractivity contribution in [2.24, 2.45) is 0 Å². The van der Waals surface area contributed by atoms with Crippen molar-refractivity contribution in [3.05, 3.63) is 36.5 Å². The second-order valence-electron chi connectivity index (χ2n) is 24.1. The van der Waals surface area contributed by atoms with Gasteiger partial charge in [0.2, 0.25) is 0 Å². The van der Waals surface area contributed by atoms with E-state index in [9.17, 15) is 14.4 Å². The van der Waals surface area contributed by atoms with Gasteiger partial charge in [-0.25, -0.2) is 0 Å². The highest BCUT2D eigenvalue weighted by Gasteiger charge is 2.19. The normalized spacial score (nSPS) is 12.2. The molecule has 0 spiro atoms. The molecule has 0 rings (SSSR count). The van der Waals surface area contributed by atoms with Crippen LogP contribution >= 0.6 is 0 Å². The summed E-state index contributed by atoms with van der Waals surface area (Å²) >= 11 is 0. The van der Waals surface area contributed by atoms with Gasteiger partial charge in [0.25, 0.3) is 0 Å². The monoisotopic (exact) mass is 1110 g/mol. The maximum atomic E-state index is 13.0. The molecule has 0 aliphatic carbocycles. The molecule has 79 heavy (non-hydrogen) atoms. The van der Waals surface area contributed by atoms with Crippen molar-refractivity contribution in [2.75, 3.05) is 13.2 Å². The molecule has 0 heterocycles. The van der Waals surface area contributed by atoms with Crippen molar-refractivity contribution in [3.63, 3.8) is 0 Å². The molecule has 6 heteroatoms. The average molecular weight is 1110 g/mol. The molecule has 0 aliphatic rings. The molecule has 0 N–H and O–H groups in total. The zero-order valence-corrected chi connectivity index (χ0v) is 53.4. The fourth-order valence-electron chi connectivity index (χ4n) is 10.8. The first kappa shape index (κ1) is 76.6. The quantitative estimate of drug-likeness (QED) is 0.0261. The van der Waals surface area contributed by atoms with Crippen LogP contribution in [-0.4, -0.2) is 37.2 Å². The van der Waals surface area contributed by atoms with Crippen molar-refractivity contribution in [1.29, 1.82) is 0 Å². The molecule has 0 aromatic carbocycles. The van der Waals surface area contributed by atoms with E-state index >= 15 is 0 Å². The molecular formula is C73H136O6. The Labute approximate surface area is 493 Å². The van der Waals surface area contributed by atoms with Gasteiger partial charge in [0.15, 0.2) is 6.10 Å². The molecule has 0 fully saturated rings. The van der Waals surface area contributed by atoms with Crippen molar-refractivity contribution < 1.29 is 28.6 Å². The predicted octanol–water partition coefficient (Wildman–Crippen LogP) is 24.3. The van der Waals surface area contributed by atoms with Gasteiger partial charge in [0.1, 0.15) is 13.2 Å². The van der Waals surface area contributed by atoms with E-state index in [1.165, 1.54) is 283 Å². The van der Waals surface area contributed by atoms with Crippen LogP contribution in [0.1, 0.15) is 393 Å². The first-order valence-electron chi connectivity index (χ1n) is 35.5. The average Bonchev–Trinajstić information content (AvgIpc) is 3.45. The number of carbonyl (C=O) groups excluding carboxylic acids is 3. The largest absolute Gasteiger partial charge is 0.462 e. The van der Waals surface area contributed by atoms with Gasteiger partial charge in [-0.2, -0.15) is 0 Å². The number of hydrogen-bond donors (Lipinski definition) is 0. The van der Waals surface area contributed by atoms with Crippen molar-refractivity contribution in [1.82, 2.24) is 0 Å². The Morgan fingerprint density at radius 1 is 0.253 bits per heavy atom. The topological polar surface area (TPSA) is 78.9 Å². The second kappa shape index (κ2) is 68.1. The summed E-state index contributed by atoms with van der Waals surface area (Å²) in [6.45, 7) is 6.69. The highest BCUT2D eigenvalue weighted by molar-refractivity contribution is 5.71. The molecule has 464 valence electrons. The van der Waals surface area contributed by atoms with Gasteiger partial charge in [-0.15, -0.1) is 0 Å². The second-order valence-corrected chi connectivity index (χ2v) is 24.1. The molecule has 0 aliphatic heterocycles. The molecule has 0 saturated carbocycles. The Bertz CT molecular complexity index is 1320. The molecule has 0 radical (unpaired) electrons. The third-order valence-corrected chi connectivity index (χ3v) is 16.1. The van der Waals surface area contributed by atoms with Crippen molar-refractivity contribution in [3.8, 4) is 0 Å². The number of rotatable bonds is 66. The zero-order chi connectivity index (χ0) is 57.1. The van der Waals surface area contributed by atoms with E-state index in [1.807, 2.05) is 0 Å². The van der Waals surface area contributed by atoms with Crippen LogP contribution in [0.3, 0.4) is 0 Å². The number of unbranched alkanes of at least 4 members (excludes halogenated alkanes) is 49. The van der Waals surface area contributed by atoms with E-state index in [1.54, 1.807) is 0 Å². The molecule has 0 saturated heterocycles. The van der Waals surface area contributed by atoms with Crippen LogP contribution in [0.2, 0.25) is 0 Å². The van der Waals surface area contributed by atoms with E-state index < -0.39 is 6.10 Å². The van der Waals surface area contributed by atoms with Crippen LogP contribution in [0, 0.1) is 0 Å². The third kappa shape index (κ3) is 66.3. The summed E-state index contributed by atoms with van der Waals surface area (Å²) in [6, 6.07) is 0. The SMILES string of the molecule is CCCCCCC/C=C\C/C=C\CCCCCCCCCCCCCCCC(=O)OCC(COC(=O)CCCCCCC/C=C\CCCCCCCC)OC(=O)CCCCCCCCCCCCCCCCCCCCCCC. The summed E-state index contributed by atoms with van der Waals surface area (Å²) in [7, 11) is 0. The minimum absolute atomic E-state index is 0.0701. The Morgan fingerprint density at radius 3 is 0.709 bits per heavy atom. The number of allylic oxidation sites excluding steroid dienone is 6. The summed E-state index contributed by atoms with van der Waals surface area (Å²) in [5, 5.41) is 0. The lowest BCUT2D eigenvalue weighted by molar-refractivity contribution is -0.167. The van der Waals surface area contributed by atoms with E-state index in [4.69, 9.17) is 14.2 Å². The fraction of sp³-hybridized carbons (Fsp3) is 0.877. The summed E-state index contributed by atoms with van der Waals surface area (Å²) in [4.78, 5) is 38.4. The van der Waals surface area contributed by atoms with Gasteiger partial charge in [-0.1, -0.05) is 333 Å². The van der Waals surface area contributed by atoms with Gasteiger partial charge in [0, 0.05) is 19.3 Å². The number of esters is 3. The Morgan fingerprint density at radius 2 is 0.456 bits per heavy atom. The third-order valence-electron chi connectivity index (χ3n) is 16.1. The molecule has 1 atom stereocenters. The lowest BCUT2D eigenvalue weighted by Gasteiger charge is -2.18. The maximum Gasteiger partial charge on any atom is 0.306 e. The summed E-state index contributed by atoms with van der Waals surface area (Å²) in [5.41, 5.74) is 0. The van der Waals surface area contributed by atoms with E-state index in [0.717, 1.165) is 70.6 Å². The maximum absolute atomic E-state index is 13.0. The Balaban J connectivity index is 4.27. The number of carbonyl (C=O) groups is 3. The Kier molecular flexibility index (Phi) is 66.1. The van der Waals surface area contributed by atoms with Crippen molar-refractivity contribution >= 4 is 17.9 Å². The first-order chi connectivity index (χ1) is 39.0. The van der Waals surface area contributed by atoms with Gasteiger partial charge >= 0.3 is 17.9 Å². The fourth-order valence-corrected chi connectivity index (χ4v) is 10.8. The lowest BCUT2D eigenvalue weighted by Crippen LogP contribution is -2.30. The lowest BCUT2D eigenvalue weighted by atomic mass is 10.0. The van der Waals surface area contributed by atoms with Crippen LogP contribution in [0.25, 0.3) is 0 Å². The van der Waals surface area contributed by atoms with Crippen LogP contribution in [-0.2, 0) is 28.6 Å². The molecule has 6 nitrogen and oxygen atoms in total. The van der Waals surface area contributed by atoms with Crippen molar-refractivity contribution in [2.45, 2.75) is 399 Å². The minimum atomic E-state index is -0.774. The summed E-state index contributed by atoms with van der Waals surface area (Å²) < 4.78 is 17.0.